The highest BCUT2D eigenvalue weighted by molar-refractivity contribution is 6.62. The van der Waals surface area contributed by atoms with Crippen molar-refractivity contribution in [1.29, 1.82) is 0 Å². The van der Waals surface area contributed by atoms with Crippen LogP contribution in [-0.4, -0.2) is 41.0 Å². The molecule has 6 nitrogen and oxygen atoms in total. The Labute approximate surface area is 177 Å². The van der Waals surface area contributed by atoms with Crippen LogP contribution in [0.1, 0.15) is 50.5 Å². The molecule has 2 aromatic carbocycles. The number of Topliss-reactive ketones (excluding diaryl/α,β-unsaturated/α-hetero) is 1. The number of nitrogens with zero attached hydrogens (tertiary/aromatic N) is 2. The van der Waals surface area contributed by atoms with Crippen LogP contribution in [0.25, 0.3) is 10.9 Å². The van der Waals surface area contributed by atoms with Crippen LogP contribution in [0.2, 0.25) is 0 Å². The summed E-state index contributed by atoms with van der Waals surface area (Å²) in [7, 11) is 1.12. The molecular weight excluding hydrogens is 379 g/mol. The molecule has 0 aliphatic carbocycles. The molecule has 0 amide bonds. The first kappa shape index (κ1) is 20.6. The van der Waals surface area contributed by atoms with Gasteiger partial charge in [-0.25, -0.2) is 0 Å². The highest BCUT2D eigenvalue weighted by Gasteiger charge is 2.51. The molecule has 3 aromatic rings. The quantitative estimate of drug-likeness (QED) is 0.479. The number of ether oxygens (including phenoxy) is 1. The van der Waals surface area contributed by atoms with Crippen LogP contribution in [-0.2, 0) is 15.9 Å². The minimum atomic E-state index is -0.526. The number of ketones is 1. The topological polar surface area (TPSA) is 62.6 Å². The maximum Gasteiger partial charge on any atom is 0.494 e. The Bertz CT molecular complexity index is 1090. The Morgan fingerprint density at radius 3 is 2.30 bits per heavy atom. The molecule has 2 heterocycles. The van der Waals surface area contributed by atoms with E-state index >= 15 is 0 Å². The zero-order valence-corrected chi connectivity index (χ0v) is 18.4. The fourth-order valence-corrected chi connectivity index (χ4v) is 3.59. The molecule has 1 fully saturated rings. The lowest BCUT2D eigenvalue weighted by Gasteiger charge is -2.32. The SMILES string of the molecule is COc1ccc(Cn2cc3cc(B4OC(C)(C)C(C)(C)O4)cc(C(C)=O)c3n2)cc1. The molecule has 30 heavy (non-hydrogen) atoms. The van der Waals surface area contributed by atoms with Gasteiger partial charge in [-0.2, -0.15) is 5.10 Å². The minimum absolute atomic E-state index is 0.0342. The van der Waals surface area contributed by atoms with Crippen LogP contribution >= 0.6 is 0 Å². The lowest BCUT2D eigenvalue weighted by molar-refractivity contribution is 0.00578. The molecule has 1 aromatic heterocycles. The molecule has 0 spiro atoms. The van der Waals surface area contributed by atoms with Crippen LogP contribution in [0.3, 0.4) is 0 Å². The number of rotatable bonds is 5. The highest BCUT2D eigenvalue weighted by atomic mass is 16.7. The first-order valence-corrected chi connectivity index (χ1v) is 10.1. The van der Waals surface area contributed by atoms with Crippen molar-refractivity contribution in [2.75, 3.05) is 7.11 Å². The predicted molar refractivity (Wildman–Crippen MR) is 118 cm³/mol. The fourth-order valence-electron chi connectivity index (χ4n) is 3.59. The van der Waals surface area contributed by atoms with Crippen molar-refractivity contribution < 1.29 is 18.8 Å². The Morgan fingerprint density at radius 1 is 1.10 bits per heavy atom. The van der Waals surface area contributed by atoms with E-state index < -0.39 is 18.3 Å². The standard InChI is InChI=1S/C23H27BN2O4/c1-15(27)20-12-18(24-29-22(2,3)23(4,5)30-24)11-17-14-26(25-21(17)20)13-16-7-9-19(28-6)10-8-16/h7-12,14H,13H2,1-6H3. The lowest BCUT2D eigenvalue weighted by atomic mass is 9.77. The third kappa shape index (κ3) is 3.63. The number of methoxy groups -OCH3 is 1. The van der Waals surface area contributed by atoms with Crippen LogP contribution in [0.15, 0.2) is 42.6 Å². The molecule has 0 atom stereocenters. The molecule has 0 unspecified atom stereocenters. The normalized spacial score (nSPS) is 17.5. The van der Waals surface area contributed by atoms with E-state index in [-0.39, 0.29) is 5.78 Å². The van der Waals surface area contributed by atoms with Crippen molar-refractivity contribution in [2.45, 2.75) is 52.4 Å². The van der Waals surface area contributed by atoms with Crippen LogP contribution in [0.4, 0.5) is 0 Å². The third-order valence-corrected chi connectivity index (χ3v) is 6.09. The van der Waals surface area contributed by atoms with Gasteiger partial charge in [-0.1, -0.05) is 18.2 Å². The van der Waals surface area contributed by atoms with Gasteiger partial charge in [0, 0.05) is 17.1 Å². The Morgan fingerprint density at radius 2 is 1.73 bits per heavy atom. The van der Waals surface area contributed by atoms with Gasteiger partial charge in [-0.3, -0.25) is 9.48 Å². The smallest absolute Gasteiger partial charge is 0.494 e. The average molecular weight is 406 g/mol. The summed E-state index contributed by atoms with van der Waals surface area (Å²) in [6, 6.07) is 11.7. The zero-order chi connectivity index (χ0) is 21.7. The van der Waals surface area contributed by atoms with Crippen molar-refractivity contribution >= 4 is 29.3 Å². The lowest BCUT2D eigenvalue weighted by Crippen LogP contribution is -2.41. The molecule has 0 saturated carbocycles. The van der Waals surface area contributed by atoms with E-state index in [1.165, 1.54) is 0 Å². The zero-order valence-electron chi connectivity index (χ0n) is 18.4. The summed E-state index contributed by atoms with van der Waals surface area (Å²) in [5, 5.41) is 5.57. The molecule has 156 valence electrons. The number of carbonyl (C=O) groups is 1. The van der Waals surface area contributed by atoms with Gasteiger partial charge in [0.2, 0.25) is 0 Å². The summed E-state index contributed by atoms with van der Waals surface area (Å²) >= 11 is 0. The van der Waals surface area contributed by atoms with Crippen molar-refractivity contribution in [3.05, 3.63) is 53.7 Å². The number of hydrogen-bond acceptors (Lipinski definition) is 5. The van der Waals surface area contributed by atoms with Gasteiger partial charge in [0.1, 0.15) is 11.3 Å². The Balaban J connectivity index is 1.70. The molecule has 1 saturated heterocycles. The highest BCUT2D eigenvalue weighted by Crippen LogP contribution is 2.36. The number of aromatic nitrogens is 2. The molecule has 1 aliphatic heterocycles. The molecule has 7 heteroatoms. The maximum atomic E-state index is 12.4. The summed E-state index contributed by atoms with van der Waals surface area (Å²) in [5.41, 5.74) is 2.31. The van der Waals surface area contributed by atoms with Gasteiger partial charge in [0.25, 0.3) is 0 Å². The average Bonchev–Trinajstić information content (AvgIpc) is 3.17. The van der Waals surface area contributed by atoms with Gasteiger partial charge in [0.05, 0.1) is 24.9 Å². The summed E-state index contributed by atoms with van der Waals surface area (Å²) in [5.74, 6) is 0.781. The van der Waals surface area contributed by atoms with E-state index in [1.54, 1.807) is 14.0 Å². The Hall–Kier alpha value is -2.64. The molecule has 1 aliphatic rings. The first-order valence-electron chi connectivity index (χ1n) is 10.1. The van der Waals surface area contributed by atoms with E-state index in [4.69, 9.17) is 14.0 Å². The molecule has 4 rings (SSSR count). The van der Waals surface area contributed by atoms with E-state index in [1.807, 2.05) is 75.0 Å². The van der Waals surface area contributed by atoms with Crippen molar-refractivity contribution in [1.82, 2.24) is 9.78 Å². The molecule has 0 radical (unpaired) electrons. The summed E-state index contributed by atoms with van der Waals surface area (Å²) in [6.45, 7) is 10.2. The first-order chi connectivity index (χ1) is 14.1. The number of benzene rings is 2. The monoisotopic (exact) mass is 406 g/mol. The molecular formula is C23H27BN2O4. The predicted octanol–water partition coefficient (Wildman–Crippen LogP) is 3.60. The van der Waals surface area contributed by atoms with Gasteiger partial charge in [0.15, 0.2) is 5.78 Å². The van der Waals surface area contributed by atoms with Crippen LogP contribution in [0.5, 0.6) is 5.75 Å². The van der Waals surface area contributed by atoms with Gasteiger partial charge < -0.3 is 14.0 Å². The largest absolute Gasteiger partial charge is 0.497 e. The van der Waals surface area contributed by atoms with E-state index in [2.05, 4.69) is 5.10 Å². The second-order valence-electron chi connectivity index (χ2n) is 8.83. The fraction of sp³-hybridized carbons (Fsp3) is 0.391. The van der Waals surface area contributed by atoms with Gasteiger partial charge in [-0.05, 0) is 63.8 Å². The number of fused-ring (bicyclic) bond motifs is 1. The van der Waals surface area contributed by atoms with Crippen LogP contribution in [0, 0.1) is 0 Å². The summed E-state index contributed by atoms with van der Waals surface area (Å²) < 4.78 is 19.4. The van der Waals surface area contributed by atoms with E-state index in [0.29, 0.717) is 17.6 Å². The van der Waals surface area contributed by atoms with E-state index in [9.17, 15) is 4.79 Å². The van der Waals surface area contributed by atoms with Crippen LogP contribution < -0.4 is 10.2 Å². The number of hydrogen-bond donors (Lipinski definition) is 0. The van der Waals surface area contributed by atoms with Gasteiger partial charge >= 0.3 is 7.12 Å². The molecule has 0 bridgehead atoms. The van der Waals surface area contributed by atoms with Gasteiger partial charge in [-0.15, -0.1) is 0 Å². The second-order valence-corrected chi connectivity index (χ2v) is 8.83. The minimum Gasteiger partial charge on any atom is -0.497 e. The number of carbonyl (C=O) groups excluding carboxylic acids is 1. The summed E-state index contributed by atoms with van der Waals surface area (Å²) in [6.07, 6.45) is 1.96. The summed E-state index contributed by atoms with van der Waals surface area (Å²) in [4.78, 5) is 12.4. The Kier molecular flexibility index (Phi) is 4.99. The van der Waals surface area contributed by atoms with Crippen molar-refractivity contribution in [3.63, 3.8) is 0 Å². The third-order valence-electron chi connectivity index (χ3n) is 6.09. The second kappa shape index (κ2) is 7.25. The van der Waals surface area contributed by atoms with Crippen molar-refractivity contribution in [3.8, 4) is 5.75 Å². The van der Waals surface area contributed by atoms with Crippen molar-refractivity contribution in [2.24, 2.45) is 0 Å². The maximum absolute atomic E-state index is 12.4. The van der Waals surface area contributed by atoms with E-state index in [0.717, 1.165) is 22.2 Å². The molecule has 0 N–H and O–H groups in total.